The minimum atomic E-state index is -0.772. The van der Waals surface area contributed by atoms with Crippen molar-refractivity contribution in [2.45, 2.75) is 18.9 Å². The van der Waals surface area contributed by atoms with Crippen molar-refractivity contribution in [1.82, 2.24) is 10.2 Å². The van der Waals surface area contributed by atoms with Crippen LogP contribution in [-0.2, 0) is 9.59 Å². The Balaban J connectivity index is 2.15. The number of likely N-dealkylation sites (tertiary alicyclic amines) is 1. The highest BCUT2D eigenvalue weighted by Crippen LogP contribution is 2.23. The zero-order valence-electron chi connectivity index (χ0n) is 11.8. The highest BCUT2D eigenvalue weighted by Gasteiger charge is 2.33. The van der Waals surface area contributed by atoms with Crippen molar-refractivity contribution in [3.8, 4) is 11.5 Å². The Hall–Kier alpha value is -2.57. The average Bonchev–Trinajstić information content (AvgIpc) is 2.48. The molecule has 1 unspecified atom stereocenters. The number of rotatable bonds is 3. The smallest absolute Gasteiger partial charge is 0.255 e. The van der Waals surface area contributed by atoms with Crippen molar-refractivity contribution in [3.05, 3.63) is 23.8 Å². The Morgan fingerprint density at radius 2 is 2.14 bits per heavy atom. The van der Waals surface area contributed by atoms with Crippen molar-refractivity contribution >= 4 is 17.7 Å². The summed E-state index contributed by atoms with van der Waals surface area (Å²) >= 11 is 0. The molecule has 2 rings (SSSR count). The third kappa shape index (κ3) is 2.96. The molecule has 0 aromatic heterocycles. The lowest BCUT2D eigenvalue weighted by Crippen LogP contribution is -2.52. The van der Waals surface area contributed by atoms with E-state index in [0.717, 1.165) is 4.90 Å². The van der Waals surface area contributed by atoms with E-state index in [1.54, 1.807) is 0 Å². The van der Waals surface area contributed by atoms with Crippen LogP contribution in [0.15, 0.2) is 18.2 Å². The number of aromatic hydroxyl groups is 1. The molecule has 1 aromatic carbocycles. The van der Waals surface area contributed by atoms with Gasteiger partial charge in [0.2, 0.25) is 5.91 Å². The van der Waals surface area contributed by atoms with Gasteiger partial charge in [-0.05, 0) is 24.6 Å². The van der Waals surface area contributed by atoms with Crippen molar-refractivity contribution in [2.24, 2.45) is 0 Å². The van der Waals surface area contributed by atoms with Crippen LogP contribution in [0.3, 0.4) is 0 Å². The highest BCUT2D eigenvalue weighted by molar-refractivity contribution is 6.04. The summed E-state index contributed by atoms with van der Waals surface area (Å²) in [6, 6.07) is 3.47. The number of ether oxygens (including phenoxy) is 1. The first-order valence-electron chi connectivity index (χ1n) is 6.42. The average molecular weight is 292 g/mol. The fourth-order valence-electron chi connectivity index (χ4n) is 2.11. The summed E-state index contributed by atoms with van der Waals surface area (Å²) in [6.45, 7) is 0. The molecule has 1 atom stereocenters. The Morgan fingerprint density at radius 1 is 1.43 bits per heavy atom. The van der Waals surface area contributed by atoms with Crippen molar-refractivity contribution in [1.29, 1.82) is 0 Å². The van der Waals surface area contributed by atoms with Crippen molar-refractivity contribution < 1.29 is 24.2 Å². The molecule has 1 aromatic rings. The third-order valence-corrected chi connectivity index (χ3v) is 3.40. The molecule has 3 amide bonds. The molecule has 112 valence electrons. The van der Waals surface area contributed by atoms with Gasteiger partial charge < -0.3 is 15.2 Å². The first-order valence-corrected chi connectivity index (χ1v) is 6.42. The van der Waals surface area contributed by atoms with Crippen LogP contribution in [0, 0.1) is 0 Å². The summed E-state index contributed by atoms with van der Waals surface area (Å²) < 4.78 is 4.99. The van der Waals surface area contributed by atoms with Gasteiger partial charge in [0.15, 0.2) is 0 Å². The van der Waals surface area contributed by atoms with Crippen LogP contribution < -0.4 is 10.1 Å². The first-order chi connectivity index (χ1) is 9.93. The number of imide groups is 1. The summed E-state index contributed by atoms with van der Waals surface area (Å²) in [5.74, 6) is -1.11. The lowest BCUT2D eigenvalue weighted by molar-refractivity contribution is -0.147. The van der Waals surface area contributed by atoms with E-state index in [1.807, 2.05) is 0 Å². The van der Waals surface area contributed by atoms with Gasteiger partial charge in [-0.1, -0.05) is 0 Å². The molecule has 2 N–H and O–H groups in total. The lowest BCUT2D eigenvalue weighted by Gasteiger charge is -2.28. The molecular weight excluding hydrogens is 276 g/mol. The molecule has 7 heteroatoms. The number of methoxy groups -OCH3 is 1. The summed E-state index contributed by atoms with van der Waals surface area (Å²) in [6.07, 6.45) is 0.440. The van der Waals surface area contributed by atoms with Crippen LogP contribution in [0.1, 0.15) is 23.2 Å². The van der Waals surface area contributed by atoms with E-state index in [4.69, 9.17) is 4.74 Å². The third-order valence-electron chi connectivity index (χ3n) is 3.40. The van der Waals surface area contributed by atoms with Crippen molar-refractivity contribution in [2.75, 3.05) is 14.2 Å². The molecule has 1 aliphatic heterocycles. The summed E-state index contributed by atoms with van der Waals surface area (Å²) in [7, 11) is 2.82. The van der Waals surface area contributed by atoms with Crippen LogP contribution >= 0.6 is 0 Å². The summed E-state index contributed by atoms with van der Waals surface area (Å²) in [5.41, 5.74) is 0.0155. The fourth-order valence-corrected chi connectivity index (χ4v) is 2.11. The van der Waals surface area contributed by atoms with Crippen LogP contribution in [-0.4, -0.2) is 47.9 Å². The fraction of sp³-hybridized carbons (Fsp3) is 0.357. The minimum absolute atomic E-state index is 0.0155. The number of amides is 3. The van der Waals surface area contributed by atoms with Crippen molar-refractivity contribution in [3.63, 3.8) is 0 Å². The number of phenols is 1. The van der Waals surface area contributed by atoms with Gasteiger partial charge >= 0.3 is 0 Å². The van der Waals surface area contributed by atoms with E-state index < -0.39 is 17.9 Å². The first kappa shape index (κ1) is 14.8. The maximum atomic E-state index is 12.2. The molecule has 1 saturated heterocycles. The number of hydrogen-bond acceptors (Lipinski definition) is 5. The Morgan fingerprint density at radius 3 is 2.81 bits per heavy atom. The monoisotopic (exact) mass is 292 g/mol. The number of carbonyl (C=O) groups excluding carboxylic acids is 3. The second-order valence-electron chi connectivity index (χ2n) is 4.74. The number of benzene rings is 1. The summed E-state index contributed by atoms with van der Waals surface area (Å²) in [5, 5.41) is 12.3. The molecule has 7 nitrogen and oxygen atoms in total. The van der Waals surface area contributed by atoms with Crippen LogP contribution in [0.2, 0.25) is 0 Å². The van der Waals surface area contributed by atoms with Crippen LogP contribution in [0.25, 0.3) is 0 Å². The van der Waals surface area contributed by atoms with E-state index in [9.17, 15) is 19.5 Å². The quantitative estimate of drug-likeness (QED) is 0.780. The maximum Gasteiger partial charge on any atom is 0.255 e. The molecule has 0 saturated carbocycles. The van der Waals surface area contributed by atoms with E-state index in [-0.39, 0.29) is 30.1 Å². The predicted octanol–water partition coefficient (Wildman–Crippen LogP) is 0.278. The maximum absolute atomic E-state index is 12.2. The van der Waals surface area contributed by atoms with Gasteiger partial charge in [-0.15, -0.1) is 0 Å². The molecule has 21 heavy (non-hydrogen) atoms. The van der Waals surface area contributed by atoms with E-state index >= 15 is 0 Å². The Bertz CT molecular complexity index is 599. The Labute approximate surface area is 121 Å². The minimum Gasteiger partial charge on any atom is -0.507 e. The number of carbonyl (C=O) groups is 3. The number of likely N-dealkylation sites (N-methyl/N-ethyl adjacent to an activating group) is 1. The van der Waals surface area contributed by atoms with Gasteiger partial charge in [0, 0.05) is 13.5 Å². The molecule has 1 fully saturated rings. The van der Waals surface area contributed by atoms with E-state index in [2.05, 4.69) is 5.32 Å². The van der Waals surface area contributed by atoms with Gasteiger partial charge in [0.25, 0.3) is 11.8 Å². The van der Waals surface area contributed by atoms with Crippen LogP contribution in [0.4, 0.5) is 0 Å². The molecule has 0 bridgehead atoms. The molecule has 0 aliphatic carbocycles. The summed E-state index contributed by atoms with van der Waals surface area (Å²) in [4.78, 5) is 36.4. The molecular formula is C14H16N2O5. The topological polar surface area (TPSA) is 95.9 Å². The van der Waals surface area contributed by atoms with Gasteiger partial charge in [0.1, 0.15) is 17.5 Å². The van der Waals surface area contributed by atoms with E-state index in [0.29, 0.717) is 5.75 Å². The standard InChI is InChI=1S/C14H16N2O5/c1-16-12(18)6-4-10(14(16)20)15-13(19)9-7-8(21-2)3-5-11(9)17/h3,5,7,10,17H,4,6H2,1-2H3,(H,15,19). The van der Waals surface area contributed by atoms with Gasteiger partial charge in [-0.2, -0.15) is 0 Å². The molecule has 0 spiro atoms. The number of nitrogens with one attached hydrogen (secondary N) is 1. The highest BCUT2D eigenvalue weighted by atomic mass is 16.5. The predicted molar refractivity (Wildman–Crippen MR) is 72.9 cm³/mol. The SMILES string of the molecule is COc1ccc(O)c(C(=O)NC2CCC(=O)N(C)C2=O)c1. The van der Waals surface area contributed by atoms with E-state index in [1.165, 1.54) is 32.4 Å². The zero-order valence-corrected chi connectivity index (χ0v) is 11.8. The van der Waals surface area contributed by atoms with Gasteiger partial charge in [-0.3, -0.25) is 19.3 Å². The Kier molecular flexibility index (Phi) is 4.11. The number of nitrogens with zero attached hydrogens (tertiary/aromatic N) is 1. The normalized spacial score (nSPS) is 18.6. The second-order valence-corrected chi connectivity index (χ2v) is 4.74. The van der Waals surface area contributed by atoms with Gasteiger partial charge in [-0.25, -0.2) is 0 Å². The number of hydrogen-bond donors (Lipinski definition) is 2. The number of piperidine rings is 1. The second kappa shape index (κ2) is 5.82. The molecule has 1 heterocycles. The van der Waals surface area contributed by atoms with Gasteiger partial charge in [0.05, 0.1) is 12.7 Å². The largest absolute Gasteiger partial charge is 0.507 e. The molecule has 1 aliphatic rings. The molecule has 0 radical (unpaired) electrons. The lowest BCUT2D eigenvalue weighted by atomic mass is 10.0. The van der Waals surface area contributed by atoms with Crippen LogP contribution in [0.5, 0.6) is 11.5 Å². The number of phenolic OH excluding ortho intramolecular Hbond substituents is 1. The zero-order chi connectivity index (χ0) is 15.6.